The van der Waals surface area contributed by atoms with Crippen LogP contribution >= 0.6 is 11.6 Å². The molecule has 3 aliphatic rings. The van der Waals surface area contributed by atoms with Crippen LogP contribution in [0.4, 0.5) is 11.4 Å². The van der Waals surface area contributed by atoms with Gasteiger partial charge in [-0.3, -0.25) is 24.3 Å². The van der Waals surface area contributed by atoms with Gasteiger partial charge in [0.05, 0.1) is 29.2 Å². The third kappa shape index (κ3) is 4.11. The van der Waals surface area contributed by atoms with Crippen molar-refractivity contribution < 1.29 is 9.59 Å². The predicted molar refractivity (Wildman–Crippen MR) is 122 cm³/mol. The third-order valence-electron chi connectivity index (χ3n) is 6.62. The van der Waals surface area contributed by atoms with Crippen molar-refractivity contribution in [2.75, 3.05) is 36.0 Å². The second-order valence-corrected chi connectivity index (χ2v) is 9.22. The van der Waals surface area contributed by atoms with Gasteiger partial charge in [0.1, 0.15) is 5.69 Å². The van der Waals surface area contributed by atoms with E-state index in [9.17, 15) is 14.4 Å². The summed E-state index contributed by atoms with van der Waals surface area (Å²) >= 11 is 6.75. The highest BCUT2D eigenvalue weighted by Crippen LogP contribution is 2.37. The molecule has 2 aromatic rings. The maximum absolute atomic E-state index is 12.9. The van der Waals surface area contributed by atoms with Crippen LogP contribution in [0.15, 0.2) is 35.5 Å². The normalized spacial score (nSPS) is 21.6. The molecule has 1 aliphatic carbocycles. The van der Waals surface area contributed by atoms with Crippen LogP contribution < -0.4 is 20.7 Å². The summed E-state index contributed by atoms with van der Waals surface area (Å²) in [4.78, 5) is 45.3. The summed E-state index contributed by atoms with van der Waals surface area (Å²) < 4.78 is 1.74. The van der Waals surface area contributed by atoms with Crippen molar-refractivity contribution in [1.29, 1.82) is 0 Å². The molecule has 2 aliphatic heterocycles. The molecular weight excluding hydrogens is 430 g/mol. The molecule has 168 valence electrons. The van der Waals surface area contributed by atoms with Gasteiger partial charge in [0.25, 0.3) is 5.56 Å². The van der Waals surface area contributed by atoms with E-state index in [0.717, 1.165) is 17.8 Å². The molecule has 5 rings (SSSR count). The first-order chi connectivity index (χ1) is 15.5. The van der Waals surface area contributed by atoms with Crippen LogP contribution in [0, 0.1) is 5.92 Å². The lowest BCUT2D eigenvalue weighted by Crippen LogP contribution is -2.48. The van der Waals surface area contributed by atoms with E-state index >= 15 is 0 Å². The van der Waals surface area contributed by atoms with Gasteiger partial charge < -0.3 is 9.80 Å². The number of imide groups is 1. The van der Waals surface area contributed by atoms with Crippen LogP contribution in [0.2, 0.25) is 5.02 Å². The van der Waals surface area contributed by atoms with Crippen LogP contribution in [-0.4, -0.2) is 47.5 Å². The second-order valence-electron chi connectivity index (χ2n) is 8.84. The molecule has 0 radical (unpaired) electrons. The number of nitrogens with one attached hydrogen (secondary N) is 1. The maximum Gasteiger partial charge on any atom is 0.276 e. The van der Waals surface area contributed by atoms with E-state index in [2.05, 4.69) is 20.1 Å². The summed E-state index contributed by atoms with van der Waals surface area (Å²) in [7, 11) is 0. The van der Waals surface area contributed by atoms with Gasteiger partial charge in [0, 0.05) is 39.1 Å². The Kier molecular flexibility index (Phi) is 5.63. The van der Waals surface area contributed by atoms with Crippen molar-refractivity contribution in [3.8, 4) is 0 Å². The van der Waals surface area contributed by atoms with Crippen molar-refractivity contribution in [3.63, 3.8) is 0 Å². The van der Waals surface area contributed by atoms with E-state index in [1.807, 2.05) is 18.2 Å². The van der Waals surface area contributed by atoms with Gasteiger partial charge in [0.2, 0.25) is 11.8 Å². The van der Waals surface area contributed by atoms with Crippen LogP contribution in [-0.2, 0) is 16.1 Å². The largest absolute Gasteiger partial charge is 0.367 e. The van der Waals surface area contributed by atoms with E-state index in [1.165, 1.54) is 12.8 Å². The highest BCUT2D eigenvalue weighted by molar-refractivity contribution is 6.34. The molecule has 0 spiro atoms. The highest BCUT2D eigenvalue weighted by Gasteiger charge is 2.31. The van der Waals surface area contributed by atoms with Crippen LogP contribution in [0.3, 0.4) is 0 Å². The summed E-state index contributed by atoms with van der Waals surface area (Å²) in [6.45, 7) is 3.53. The van der Waals surface area contributed by atoms with Crippen LogP contribution in [0.25, 0.3) is 0 Å². The fourth-order valence-corrected chi connectivity index (χ4v) is 4.97. The van der Waals surface area contributed by atoms with E-state index in [1.54, 1.807) is 17.1 Å². The van der Waals surface area contributed by atoms with Gasteiger partial charge in [-0.1, -0.05) is 23.7 Å². The minimum Gasteiger partial charge on any atom is -0.367 e. The van der Waals surface area contributed by atoms with Crippen LogP contribution in [0.5, 0.6) is 0 Å². The standard InChI is InChI=1S/C23H26ClN5O3/c24-21-16(17-6-7-20(30)26-22(17)31)2-1-3-18(21)27-8-10-28(11-9-27)19-12-25-14-29(23(19)32)13-15-4-5-15/h1-3,12,14-15,17H,4-11,13H2,(H,26,30,31). The smallest absolute Gasteiger partial charge is 0.276 e. The number of carbonyl (C=O) groups excluding carboxylic acids is 2. The molecule has 2 saturated heterocycles. The molecule has 0 bridgehead atoms. The van der Waals surface area contributed by atoms with Gasteiger partial charge in [-0.05, 0) is 36.8 Å². The molecule has 9 heteroatoms. The summed E-state index contributed by atoms with van der Waals surface area (Å²) in [5.41, 5.74) is 2.31. The fourth-order valence-electron chi connectivity index (χ4n) is 4.59. The Labute approximate surface area is 191 Å². The summed E-state index contributed by atoms with van der Waals surface area (Å²) in [6, 6.07) is 5.73. The summed E-state index contributed by atoms with van der Waals surface area (Å²) in [5, 5.41) is 2.97. The lowest BCUT2D eigenvalue weighted by atomic mass is 9.90. The molecule has 1 atom stereocenters. The molecule has 3 fully saturated rings. The molecule has 3 heterocycles. The predicted octanol–water partition coefficient (Wildman–Crippen LogP) is 2.15. The number of rotatable bonds is 5. The van der Waals surface area contributed by atoms with Crippen molar-refractivity contribution in [2.45, 2.75) is 38.1 Å². The zero-order chi connectivity index (χ0) is 22.2. The van der Waals surface area contributed by atoms with Crippen molar-refractivity contribution >= 4 is 34.8 Å². The number of aromatic nitrogens is 2. The molecule has 32 heavy (non-hydrogen) atoms. The molecule has 1 aromatic heterocycles. The monoisotopic (exact) mass is 455 g/mol. The van der Waals surface area contributed by atoms with Crippen molar-refractivity contribution in [2.24, 2.45) is 5.92 Å². The first kappa shape index (κ1) is 21.0. The van der Waals surface area contributed by atoms with Crippen LogP contribution in [0.1, 0.15) is 37.2 Å². The first-order valence-corrected chi connectivity index (χ1v) is 11.6. The van der Waals surface area contributed by atoms with E-state index in [4.69, 9.17) is 11.6 Å². The minimum atomic E-state index is -0.415. The lowest BCUT2D eigenvalue weighted by Gasteiger charge is -2.37. The average Bonchev–Trinajstić information content (AvgIpc) is 3.60. The number of piperidine rings is 1. The lowest BCUT2D eigenvalue weighted by molar-refractivity contribution is -0.134. The number of amides is 2. The molecule has 2 amide bonds. The topological polar surface area (TPSA) is 87.5 Å². The third-order valence-corrected chi connectivity index (χ3v) is 7.03. The van der Waals surface area contributed by atoms with Gasteiger partial charge in [-0.25, -0.2) is 4.98 Å². The SMILES string of the molecule is O=C1CCC(c2cccc(N3CCN(c4cncn(CC5CC5)c4=O)CC3)c2Cl)C(=O)N1. The molecule has 1 N–H and O–H groups in total. The molecule has 8 nitrogen and oxygen atoms in total. The van der Waals surface area contributed by atoms with Gasteiger partial charge in [-0.2, -0.15) is 0 Å². The quantitative estimate of drug-likeness (QED) is 0.695. The van der Waals surface area contributed by atoms with Crippen molar-refractivity contribution in [3.05, 3.63) is 51.7 Å². The number of benzene rings is 1. The molecule has 1 aromatic carbocycles. The number of halogens is 1. The highest BCUT2D eigenvalue weighted by atomic mass is 35.5. The molecule has 1 unspecified atom stereocenters. The zero-order valence-corrected chi connectivity index (χ0v) is 18.6. The molecule has 1 saturated carbocycles. The number of hydrogen-bond donors (Lipinski definition) is 1. The Bertz CT molecular complexity index is 1110. The maximum atomic E-state index is 12.9. The summed E-state index contributed by atoms with van der Waals surface area (Å²) in [5.74, 6) is -0.326. The average molecular weight is 456 g/mol. The van der Waals surface area contributed by atoms with Gasteiger partial charge in [-0.15, -0.1) is 0 Å². The Hall–Kier alpha value is -2.87. The van der Waals surface area contributed by atoms with E-state index in [-0.39, 0.29) is 17.4 Å². The summed E-state index contributed by atoms with van der Waals surface area (Å²) in [6.07, 6.45) is 6.47. The fraction of sp³-hybridized carbons (Fsp3) is 0.478. The number of anilines is 2. The Morgan fingerprint density at radius 3 is 2.41 bits per heavy atom. The van der Waals surface area contributed by atoms with E-state index < -0.39 is 5.92 Å². The number of hydrogen-bond acceptors (Lipinski definition) is 6. The Morgan fingerprint density at radius 1 is 1.00 bits per heavy atom. The van der Waals surface area contributed by atoms with E-state index in [0.29, 0.717) is 55.6 Å². The minimum absolute atomic E-state index is 0.0261. The number of carbonyl (C=O) groups is 2. The first-order valence-electron chi connectivity index (χ1n) is 11.2. The Balaban J connectivity index is 1.30. The zero-order valence-electron chi connectivity index (χ0n) is 17.8. The number of nitrogens with zero attached hydrogens (tertiary/aromatic N) is 4. The Morgan fingerprint density at radius 2 is 1.72 bits per heavy atom. The van der Waals surface area contributed by atoms with Gasteiger partial charge >= 0.3 is 0 Å². The number of piperazine rings is 1. The molecular formula is C23H26ClN5O3. The van der Waals surface area contributed by atoms with Crippen molar-refractivity contribution in [1.82, 2.24) is 14.9 Å². The van der Waals surface area contributed by atoms with Gasteiger partial charge in [0.15, 0.2) is 0 Å². The second kappa shape index (κ2) is 8.58.